The zero-order chi connectivity index (χ0) is 32.7. The lowest BCUT2D eigenvalue weighted by atomic mass is 10.0. The van der Waals surface area contributed by atoms with Gasteiger partial charge in [0.2, 0.25) is 0 Å². The molecule has 3 nitrogen and oxygen atoms in total. The highest BCUT2D eigenvalue weighted by Crippen LogP contribution is 2.41. The molecule has 1 saturated heterocycles. The van der Waals surface area contributed by atoms with Crippen molar-refractivity contribution in [3.63, 3.8) is 0 Å². The van der Waals surface area contributed by atoms with E-state index in [0.717, 1.165) is 59.1 Å². The van der Waals surface area contributed by atoms with Crippen LogP contribution in [0.2, 0.25) is 0 Å². The number of hydrogen-bond donors (Lipinski definition) is 0. The summed E-state index contributed by atoms with van der Waals surface area (Å²) in [6.07, 6.45) is 20.3. The molecule has 0 aliphatic carbocycles. The number of anilines is 1. The van der Waals surface area contributed by atoms with E-state index in [9.17, 15) is 4.79 Å². The zero-order valence-corrected chi connectivity index (χ0v) is 30.0. The van der Waals surface area contributed by atoms with Gasteiger partial charge >= 0.3 is 0 Å². The van der Waals surface area contributed by atoms with E-state index in [0.29, 0.717) is 0 Å². The summed E-state index contributed by atoms with van der Waals surface area (Å²) in [5, 5.41) is 0.750. The molecule has 0 N–H and O–H groups in total. The summed E-state index contributed by atoms with van der Waals surface area (Å²) in [6, 6.07) is 21.7. The fraction of sp³-hybridized carbons (Fsp3) is 0.476. The highest BCUT2D eigenvalue weighted by Gasteiger charge is 2.37. The summed E-state index contributed by atoms with van der Waals surface area (Å²) in [5.74, 6) is 0.0146. The van der Waals surface area contributed by atoms with Crippen molar-refractivity contribution in [1.29, 1.82) is 0 Å². The van der Waals surface area contributed by atoms with Crippen LogP contribution in [-0.4, -0.2) is 11.1 Å². The first-order valence-electron chi connectivity index (χ1n) is 18.2. The van der Waals surface area contributed by atoms with Gasteiger partial charge in [-0.25, -0.2) is 4.99 Å². The Bertz CT molecular complexity index is 1420. The Hall–Kier alpha value is -3.11. The third-order valence-corrected chi connectivity index (χ3v) is 10.2. The van der Waals surface area contributed by atoms with E-state index in [-0.39, 0.29) is 5.91 Å². The number of nitrogens with zero attached hydrogens (tertiary/aromatic N) is 2. The average molecular weight is 637 g/mol. The predicted molar refractivity (Wildman–Crippen MR) is 203 cm³/mol. The van der Waals surface area contributed by atoms with Crippen molar-refractivity contribution in [1.82, 2.24) is 0 Å². The normalized spacial score (nSPS) is 15.1. The molecule has 4 heteroatoms. The van der Waals surface area contributed by atoms with Crippen LogP contribution >= 0.6 is 11.8 Å². The average Bonchev–Trinajstić information content (AvgIpc) is 3.38. The van der Waals surface area contributed by atoms with E-state index in [2.05, 4.69) is 101 Å². The molecule has 1 fully saturated rings. The molecule has 4 rings (SSSR count). The van der Waals surface area contributed by atoms with E-state index in [1.807, 2.05) is 4.90 Å². The molecule has 0 atom stereocenters. The molecule has 0 radical (unpaired) electrons. The van der Waals surface area contributed by atoms with Gasteiger partial charge in [0, 0.05) is 0 Å². The Labute approximate surface area is 284 Å². The number of para-hydroxylation sites is 2. The number of aryl methyl sites for hydroxylation is 5. The molecule has 1 amide bonds. The second-order valence-corrected chi connectivity index (χ2v) is 13.6. The molecule has 0 unspecified atom stereocenters. The first kappa shape index (κ1) is 35.7. The molecule has 1 aliphatic rings. The third-order valence-electron chi connectivity index (χ3n) is 9.26. The number of hydrogen-bond acceptors (Lipinski definition) is 3. The monoisotopic (exact) mass is 636 g/mol. The third kappa shape index (κ3) is 9.47. The van der Waals surface area contributed by atoms with Gasteiger partial charge in [-0.2, -0.15) is 0 Å². The lowest BCUT2D eigenvalue weighted by molar-refractivity contribution is -0.113. The van der Waals surface area contributed by atoms with Crippen LogP contribution in [0.4, 0.5) is 11.4 Å². The Morgan fingerprint density at radius 1 is 0.630 bits per heavy atom. The summed E-state index contributed by atoms with van der Waals surface area (Å²) in [5.41, 5.74) is 9.25. The number of carbonyl (C=O) groups excluding carboxylic acids is 1. The smallest absolute Gasteiger partial charge is 0.268 e. The van der Waals surface area contributed by atoms with Gasteiger partial charge < -0.3 is 0 Å². The van der Waals surface area contributed by atoms with E-state index in [1.54, 1.807) is 0 Å². The standard InChI is InChI=1S/C42H56N2OS/c1-6-11-12-13-14-15-16-17-18-19-22-32-27-29-33(30-28-32)31-38-41(45)44(40-36(9-4)25-21-26-37(40)10-5)42(46-38)43-39-34(7-2)23-20-24-35(39)8-3/h20-21,23-31H,6-19,22H2,1-5H3/b38-31-,43-42?. The van der Waals surface area contributed by atoms with Crippen molar-refractivity contribution in [2.75, 3.05) is 4.90 Å². The van der Waals surface area contributed by atoms with Crippen LogP contribution in [0, 0.1) is 0 Å². The number of thioether (sulfide) groups is 1. The second-order valence-electron chi connectivity index (χ2n) is 12.6. The fourth-order valence-corrected chi connectivity index (χ4v) is 7.42. The van der Waals surface area contributed by atoms with Crippen molar-refractivity contribution < 1.29 is 4.79 Å². The Balaban J connectivity index is 1.52. The maximum Gasteiger partial charge on any atom is 0.271 e. The SMILES string of the molecule is CCCCCCCCCCCCc1ccc(/C=C2\SC(=Nc3c(CC)cccc3CC)N(c3c(CC)cccc3CC)C2=O)cc1. The van der Waals surface area contributed by atoms with Gasteiger partial charge in [0.25, 0.3) is 5.91 Å². The molecule has 0 spiro atoms. The van der Waals surface area contributed by atoms with Gasteiger partial charge in [-0.3, -0.25) is 9.69 Å². The van der Waals surface area contributed by atoms with Crippen molar-refractivity contribution in [2.24, 2.45) is 4.99 Å². The molecular formula is C42H56N2OS. The highest BCUT2D eigenvalue weighted by atomic mass is 32.2. The number of aliphatic imine (C=N–C) groups is 1. The van der Waals surface area contributed by atoms with Crippen LogP contribution < -0.4 is 4.90 Å². The summed E-state index contributed by atoms with van der Waals surface area (Å²) in [7, 11) is 0. The Morgan fingerprint density at radius 2 is 1.13 bits per heavy atom. The fourth-order valence-electron chi connectivity index (χ4n) is 6.45. The summed E-state index contributed by atoms with van der Waals surface area (Å²) in [6.45, 7) is 11.0. The predicted octanol–water partition coefficient (Wildman–Crippen LogP) is 12.2. The van der Waals surface area contributed by atoms with Crippen LogP contribution in [-0.2, 0) is 36.9 Å². The van der Waals surface area contributed by atoms with Gasteiger partial charge in [-0.05, 0) is 89.7 Å². The van der Waals surface area contributed by atoms with Crippen molar-refractivity contribution >= 4 is 40.3 Å². The van der Waals surface area contributed by atoms with Crippen LogP contribution in [0.3, 0.4) is 0 Å². The van der Waals surface area contributed by atoms with Crippen LogP contribution in [0.1, 0.15) is 132 Å². The molecule has 1 aliphatic heterocycles. The molecule has 3 aromatic rings. The molecule has 3 aromatic carbocycles. The number of unbranched alkanes of at least 4 members (excludes halogenated alkanes) is 9. The Kier molecular flexibility index (Phi) is 14.7. The molecule has 46 heavy (non-hydrogen) atoms. The topological polar surface area (TPSA) is 32.7 Å². The van der Waals surface area contributed by atoms with Crippen molar-refractivity contribution in [2.45, 2.75) is 131 Å². The molecule has 0 saturated carbocycles. The van der Waals surface area contributed by atoms with Gasteiger partial charge in [0.05, 0.1) is 16.3 Å². The van der Waals surface area contributed by atoms with Crippen molar-refractivity contribution in [3.05, 3.63) is 98.9 Å². The molecule has 1 heterocycles. The quantitative estimate of drug-likeness (QED) is 0.103. The van der Waals surface area contributed by atoms with E-state index in [1.165, 1.54) is 104 Å². The molecule has 246 valence electrons. The number of amidine groups is 1. The number of carbonyl (C=O) groups is 1. The van der Waals surface area contributed by atoms with Crippen molar-refractivity contribution in [3.8, 4) is 0 Å². The lowest BCUT2D eigenvalue weighted by Gasteiger charge is -2.23. The van der Waals surface area contributed by atoms with Gasteiger partial charge in [-0.1, -0.05) is 153 Å². The summed E-state index contributed by atoms with van der Waals surface area (Å²) < 4.78 is 0. The first-order valence-corrected chi connectivity index (χ1v) is 19.0. The highest BCUT2D eigenvalue weighted by molar-refractivity contribution is 8.19. The number of rotatable bonds is 18. The number of amides is 1. The summed E-state index contributed by atoms with van der Waals surface area (Å²) in [4.78, 5) is 22.2. The minimum Gasteiger partial charge on any atom is -0.268 e. The van der Waals surface area contributed by atoms with E-state index < -0.39 is 0 Å². The first-order chi connectivity index (χ1) is 22.5. The van der Waals surface area contributed by atoms with Crippen LogP contribution in [0.5, 0.6) is 0 Å². The second kappa shape index (κ2) is 18.9. The summed E-state index contributed by atoms with van der Waals surface area (Å²) >= 11 is 1.51. The van der Waals surface area contributed by atoms with Gasteiger partial charge in [0.15, 0.2) is 5.17 Å². The number of benzene rings is 3. The van der Waals surface area contributed by atoms with Crippen LogP contribution in [0.15, 0.2) is 70.6 Å². The van der Waals surface area contributed by atoms with Gasteiger partial charge in [-0.15, -0.1) is 0 Å². The Morgan fingerprint density at radius 3 is 1.65 bits per heavy atom. The minimum atomic E-state index is 0.0146. The van der Waals surface area contributed by atoms with Gasteiger partial charge in [0.1, 0.15) is 0 Å². The largest absolute Gasteiger partial charge is 0.271 e. The van der Waals surface area contributed by atoms with Crippen LogP contribution in [0.25, 0.3) is 6.08 Å². The minimum absolute atomic E-state index is 0.0146. The van der Waals surface area contributed by atoms with E-state index >= 15 is 0 Å². The molecule has 0 bridgehead atoms. The van der Waals surface area contributed by atoms with E-state index in [4.69, 9.17) is 4.99 Å². The molecular weight excluding hydrogens is 581 g/mol. The maximum absolute atomic E-state index is 14.3. The molecule has 0 aromatic heterocycles. The zero-order valence-electron chi connectivity index (χ0n) is 29.2. The lowest BCUT2D eigenvalue weighted by Crippen LogP contribution is -2.30. The maximum atomic E-state index is 14.3.